The predicted molar refractivity (Wildman–Crippen MR) is 113 cm³/mol. The molecule has 28 heavy (non-hydrogen) atoms. The van der Waals surface area contributed by atoms with Crippen molar-refractivity contribution >= 4 is 5.91 Å². The van der Waals surface area contributed by atoms with Crippen molar-refractivity contribution in [2.45, 2.75) is 71.4 Å². The van der Waals surface area contributed by atoms with E-state index in [-0.39, 0.29) is 5.41 Å². The molecule has 3 fully saturated rings. The number of carbonyl (C=O) groups excluding carboxylic acids is 1. The zero-order chi connectivity index (χ0) is 19.6. The highest BCUT2D eigenvalue weighted by atomic mass is 16.2. The van der Waals surface area contributed by atoms with Gasteiger partial charge in [-0.3, -0.25) is 4.48 Å². The molecule has 0 bridgehead atoms. The number of quaternary nitrogens is 1. The van der Waals surface area contributed by atoms with E-state index in [9.17, 15) is 4.79 Å². The van der Waals surface area contributed by atoms with Gasteiger partial charge in [-0.1, -0.05) is 56.7 Å². The molecule has 4 aliphatic rings. The van der Waals surface area contributed by atoms with Crippen LogP contribution in [0.2, 0.25) is 0 Å². The normalized spacial score (nSPS) is 47.3. The molecular formula is C26H36NO+. The van der Waals surface area contributed by atoms with Gasteiger partial charge in [0.05, 0.1) is 7.05 Å². The smallest absolute Gasteiger partial charge is 0.252 e. The summed E-state index contributed by atoms with van der Waals surface area (Å²) >= 11 is 0. The van der Waals surface area contributed by atoms with Gasteiger partial charge in [0.25, 0.3) is 0 Å². The second-order valence-electron chi connectivity index (χ2n) is 11.0. The van der Waals surface area contributed by atoms with Crippen molar-refractivity contribution in [2.24, 2.45) is 28.6 Å². The Kier molecular flexibility index (Phi) is 4.18. The largest absolute Gasteiger partial charge is 0.338 e. The van der Waals surface area contributed by atoms with E-state index in [0.717, 1.165) is 24.3 Å². The van der Waals surface area contributed by atoms with Crippen LogP contribution in [0.5, 0.6) is 0 Å². The molecular weight excluding hydrogens is 342 g/mol. The number of carbonyl (C=O) groups is 1. The van der Waals surface area contributed by atoms with Crippen LogP contribution < -0.4 is 0 Å². The highest BCUT2D eigenvalue weighted by Gasteiger charge is 2.62. The van der Waals surface area contributed by atoms with Gasteiger partial charge in [0.1, 0.15) is 12.6 Å². The quantitative estimate of drug-likeness (QED) is 0.601. The van der Waals surface area contributed by atoms with E-state index in [0.29, 0.717) is 21.8 Å². The van der Waals surface area contributed by atoms with Crippen LogP contribution in [0, 0.1) is 28.6 Å². The number of likely N-dealkylation sites (N-methyl/N-ethyl adjacent to an activating group) is 1. The lowest BCUT2D eigenvalue weighted by Crippen LogP contribution is -2.67. The van der Waals surface area contributed by atoms with Crippen LogP contribution in [0.25, 0.3) is 0 Å². The van der Waals surface area contributed by atoms with Crippen molar-refractivity contribution < 1.29 is 9.28 Å². The molecule has 5 rings (SSSR count). The second-order valence-corrected chi connectivity index (χ2v) is 11.0. The van der Waals surface area contributed by atoms with Gasteiger partial charge in [-0.25, -0.2) is 4.79 Å². The van der Waals surface area contributed by atoms with E-state index >= 15 is 0 Å². The first-order valence-electron chi connectivity index (χ1n) is 11.5. The summed E-state index contributed by atoms with van der Waals surface area (Å²) in [5, 5.41) is 0. The van der Waals surface area contributed by atoms with Gasteiger partial charge < -0.3 is 0 Å². The molecule has 1 aliphatic heterocycles. The monoisotopic (exact) mass is 378 g/mol. The fraction of sp³-hybridized carbons (Fsp3) is 0.654. The number of fused-ring (bicyclic) bond motifs is 5. The molecule has 1 aromatic rings. The molecule has 0 aromatic heterocycles. The predicted octanol–water partition coefficient (Wildman–Crippen LogP) is 5.73. The lowest BCUT2D eigenvalue weighted by molar-refractivity contribution is -0.882. The molecule has 150 valence electrons. The van der Waals surface area contributed by atoms with E-state index < -0.39 is 0 Å². The summed E-state index contributed by atoms with van der Waals surface area (Å²) in [4.78, 5) is 13.2. The first-order chi connectivity index (χ1) is 13.4. The van der Waals surface area contributed by atoms with Gasteiger partial charge in [0.2, 0.25) is 0 Å². The Labute approximate surface area is 170 Å². The third-order valence-electron chi connectivity index (χ3n) is 9.64. The standard InChI is InChI=1S/C26H36NO/c1-25-15-7-10-21(25)20-11-12-23-26(2,22(20)13-16-25)17-14-24(28)27(23,3)18-19-8-5-4-6-9-19/h4-6,8-9,14,17,20-23H,7,10-13,15-16,18H2,1-3H3/q+1/t20-,21-,22-,23+,25-,26+,27?/m0/s1. The number of benzene rings is 1. The van der Waals surface area contributed by atoms with Crippen molar-refractivity contribution in [3.63, 3.8) is 0 Å². The van der Waals surface area contributed by atoms with Gasteiger partial charge in [0, 0.05) is 23.5 Å². The number of rotatable bonds is 2. The van der Waals surface area contributed by atoms with Crippen LogP contribution in [-0.4, -0.2) is 23.5 Å². The summed E-state index contributed by atoms with van der Waals surface area (Å²) in [6.07, 6.45) is 13.9. The maximum Gasteiger partial charge on any atom is 0.338 e. The van der Waals surface area contributed by atoms with E-state index in [1.807, 2.05) is 6.08 Å². The zero-order valence-electron chi connectivity index (χ0n) is 17.9. The van der Waals surface area contributed by atoms with Crippen LogP contribution in [0.4, 0.5) is 0 Å². The molecule has 1 unspecified atom stereocenters. The first-order valence-corrected chi connectivity index (χ1v) is 11.5. The third-order valence-corrected chi connectivity index (χ3v) is 9.64. The number of hydrogen-bond acceptors (Lipinski definition) is 1. The van der Waals surface area contributed by atoms with Gasteiger partial charge >= 0.3 is 5.91 Å². The van der Waals surface area contributed by atoms with Gasteiger partial charge in [0.15, 0.2) is 0 Å². The molecule has 1 heterocycles. The van der Waals surface area contributed by atoms with Crippen molar-refractivity contribution in [3.05, 3.63) is 48.0 Å². The number of nitrogens with zero attached hydrogens (tertiary/aromatic N) is 1. The molecule has 7 atom stereocenters. The van der Waals surface area contributed by atoms with Crippen LogP contribution in [0.1, 0.15) is 64.4 Å². The minimum Gasteiger partial charge on any atom is -0.252 e. The van der Waals surface area contributed by atoms with E-state index in [4.69, 9.17) is 0 Å². The van der Waals surface area contributed by atoms with E-state index in [1.54, 1.807) is 0 Å². The van der Waals surface area contributed by atoms with E-state index in [2.05, 4.69) is 57.3 Å². The van der Waals surface area contributed by atoms with Crippen LogP contribution in [0.3, 0.4) is 0 Å². The maximum absolute atomic E-state index is 13.2. The minimum absolute atomic E-state index is 0.157. The Morgan fingerprint density at radius 1 is 1.00 bits per heavy atom. The molecule has 3 saturated carbocycles. The highest BCUT2D eigenvalue weighted by Crippen LogP contribution is 2.64. The third kappa shape index (κ3) is 2.53. The molecule has 0 spiro atoms. The molecule has 0 radical (unpaired) electrons. The average molecular weight is 379 g/mol. The van der Waals surface area contributed by atoms with Crippen molar-refractivity contribution in [3.8, 4) is 0 Å². The number of hydrogen-bond donors (Lipinski definition) is 0. The lowest BCUT2D eigenvalue weighted by atomic mass is 9.48. The average Bonchev–Trinajstić information content (AvgIpc) is 3.08. The van der Waals surface area contributed by atoms with Crippen LogP contribution >= 0.6 is 0 Å². The topological polar surface area (TPSA) is 17.1 Å². The Morgan fingerprint density at radius 2 is 1.79 bits per heavy atom. The molecule has 2 nitrogen and oxygen atoms in total. The van der Waals surface area contributed by atoms with Crippen molar-refractivity contribution in [1.82, 2.24) is 0 Å². The van der Waals surface area contributed by atoms with Gasteiger partial charge in [-0.2, -0.15) is 0 Å². The van der Waals surface area contributed by atoms with Crippen molar-refractivity contribution in [2.75, 3.05) is 7.05 Å². The van der Waals surface area contributed by atoms with Crippen LogP contribution in [-0.2, 0) is 11.3 Å². The molecule has 0 N–H and O–H groups in total. The number of amides is 1. The highest BCUT2D eigenvalue weighted by molar-refractivity contribution is 5.82. The van der Waals surface area contributed by atoms with Crippen molar-refractivity contribution in [1.29, 1.82) is 0 Å². The van der Waals surface area contributed by atoms with Gasteiger partial charge in [-0.15, -0.1) is 0 Å². The molecule has 1 amide bonds. The van der Waals surface area contributed by atoms with Crippen LogP contribution in [0.15, 0.2) is 42.5 Å². The molecule has 2 heteroatoms. The molecule has 0 saturated heterocycles. The minimum atomic E-state index is 0.157. The Balaban J connectivity index is 1.50. The molecule has 3 aliphatic carbocycles. The van der Waals surface area contributed by atoms with Gasteiger partial charge in [-0.05, 0) is 55.3 Å². The summed E-state index contributed by atoms with van der Waals surface area (Å²) in [6.45, 7) is 5.89. The zero-order valence-corrected chi connectivity index (χ0v) is 17.9. The van der Waals surface area contributed by atoms with E-state index in [1.165, 1.54) is 50.5 Å². The Morgan fingerprint density at radius 3 is 2.57 bits per heavy atom. The Hall–Kier alpha value is -1.41. The fourth-order valence-electron chi connectivity index (χ4n) is 8.22. The lowest BCUT2D eigenvalue weighted by Gasteiger charge is -2.60. The summed E-state index contributed by atoms with van der Waals surface area (Å²) in [6, 6.07) is 11.0. The SMILES string of the molecule is C[C@@]12CCC[C@H]1[C@@H]1CC[C@@H]3[C@](C)(C=CC(=O)[N+]3(C)Cc3ccccc3)[C@H]1CC2. The summed E-state index contributed by atoms with van der Waals surface area (Å²) in [5.41, 5.74) is 2.04. The maximum atomic E-state index is 13.2. The summed E-state index contributed by atoms with van der Waals surface area (Å²) in [7, 11) is 2.21. The molecule has 1 aromatic carbocycles. The Bertz CT molecular complexity index is 800. The first kappa shape index (κ1) is 18.6. The summed E-state index contributed by atoms with van der Waals surface area (Å²) < 4.78 is 0.558. The summed E-state index contributed by atoms with van der Waals surface area (Å²) in [5.74, 6) is 2.83. The second kappa shape index (κ2) is 6.29. The fourth-order valence-corrected chi connectivity index (χ4v) is 8.22.